The lowest BCUT2D eigenvalue weighted by Crippen LogP contribution is -2.31. The second-order valence-corrected chi connectivity index (χ2v) is 3.49. The van der Waals surface area contributed by atoms with Gasteiger partial charge in [-0.25, -0.2) is 9.10 Å². The zero-order chi connectivity index (χ0) is 10.7. The third kappa shape index (κ3) is 2.01. The van der Waals surface area contributed by atoms with Gasteiger partial charge >= 0.3 is 6.03 Å². The summed E-state index contributed by atoms with van der Waals surface area (Å²) in [4.78, 5) is 11.3. The molecule has 14 heavy (non-hydrogen) atoms. The molecule has 0 radical (unpaired) electrons. The number of nitrogens with one attached hydrogen (secondary N) is 1. The first-order chi connectivity index (χ1) is 6.57. The summed E-state index contributed by atoms with van der Waals surface area (Å²) in [5, 5.41) is 2.52. The first-order valence-electron chi connectivity index (χ1n) is 4.35. The molecule has 0 fully saturated rings. The Balaban J connectivity index is 3.07. The van der Waals surface area contributed by atoms with Gasteiger partial charge in [0.25, 0.3) is 0 Å². The monoisotopic (exact) mass is 210 g/mol. The first kappa shape index (κ1) is 10.9. The van der Waals surface area contributed by atoms with Crippen LogP contribution in [0.15, 0.2) is 18.2 Å². The van der Waals surface area contributed by atoms with Gasteiger partial charge in [0.15, 0.2) is 0 Å². The molecular weight excluding hydrogens is 196 g/mol. The van der Waals surface area contributed by atoms with Gasteiger partial charge in [-0.1, -0.05) is 24.9 Å². The summed E-state index contributed by atoms with van der Waals surface area (Å²) < 4.78 is 1.31. The average molecular weight is 210 g/mol. The molecule has 0 saturated carbocycles. The first-order valence-corrected chi connectivity index (χ1v) is 4.75. The molecule has 3 nitrogen and oxygen atoms in total. The van der Waals surface area contributed by atoms with E-state index in [9.17, 15) is 4.79 Å². The van der Waals surface area contributed by atoms with E-state index in [1.165, 1.54) is 4.31 Å². The van der Waals surface area contributed by atoms with E-state index in [0.717, 1.165) is 16.8 Å². The summed E-state index contributed by atoms with van der Waals surface area (Å²) in [6.07, 6.45) is 0. The molecule has 0 heterocycles. The predicted molar refractivity (Wildman–Crippen MR) is 61.8 cm³/mol. The van der Waals surface area contributed by atoms with Crippen molar-refractivity contribution in [2.24, 2.45) is 0 Å². The highest BCUT2D eigenvalue weighted by atomic mass is 32.1. The molecule has 1 aromatic rings. The highest BCUT2D eigenvalue weighted by Crippen LogP contribution is 2.23. The maximum absolute atomic E-state index is 11.3. The SMILES string of the molecule is CNC(=O)N(S)c1cccc(C)c1C. The zero-order valence-corrected chi connectivity index (χ0v) is 9.43. The number of thiol groups is 1. The Kier molecular flexibility index (Phi) is 3.41. The van der Waals surface area contributed by atoms with Crippen LogP contribution in [0.4, 0.5) is 10.5 Å². The summed E-state index contributed by atoms with van der Waals surface area (Å²) in [6.45, 7) is 3.97. The van der Waals surface area contributed by atoms with Crippen molar-refractivity contribution in [3.63, 3.8) is 0 Å². The van der Waals surface area contributed by atoms with Gasteiger partial charge in [0.1, 0.15) is 0 Å². The maximum atomic E-state index is 11.3. The standard InChI is InChI=1S/C10H14N2OS/c1-7-5-4-6-9(8(7)2)12(14)10(13)11-3/h4-6,14H,1-3H3,(H,11,13). The van der Waals surface area contributed by atoms with E-state index in [2.05, 4.69) is 18.1 Å². The Morgan fingerprint density at radius 1 is 1.43 bits per heavy atom. The highest BCUT2D eigenvalue weighted by Gasteiger charge is 2.12. The van der Waals surface area contributed by atoms with Crippen LogP contribution in [-0.2, 0) is 0 Å². The molecule has 0 aliphatic carbocycles. The van der Waals surface area contributed by atoms with Crippen molar-refractivity contribution in [1.82, 2.24) is 5.32 Å². The summed E-state index contributed by atoms with van der Waals surface area (Å²) >= 11 is 4.13. The molecule has 4 heteroatoms. The molecule has 1 rings (SSSR count). The predicted octanol–water partition coefficient (Wildman–Crippen LogP) is 2.29. The number of nitrogens with zero attached hydrogens (tertiary/aromatic N) is 1. The van der Waals surface area contributed by atoms with Crippen molar-refractivity contribution < 1.29 is 4.79 Å². The molecule has 0 saturated heterocycles. The second kappa shape index (κ2) is 4.37. The molecule has 0 atom stereocenters. The molecule has 0 aromatic heterocycles. The number of hydrogen-bond acceptors (Lipinski definition) is 2. The quantitative estimate of drug-likeness (QED) is 0.685. The lowest BCUT2D eigenvalue weighted by atomic mass is 10.1. The maximum Gasteiger partial charge on any atom is 0.331 e. The van der Waals surface area contributed by atoms with Gasteiger partial charge in [0.05, 0.1) is 5.69 Å². The van der Waals surface area contributed by atoms with Gasteiger partial charge < -0.3 is 5.32 Å². The van der Waals surface area contributed by atoms with E-state index in [0.29, 0.717) is 0 Å². The van der Waals surface area contributed by atoms with Crippen molar-refractivity contribution in [1.29, 1.82) is 0 Å². The van der Waals surface area contributed by atoms with Crippen LogP contribution in [0.5, 0.6) is 0 Å². The molecule has 2 amide bonds. The normalized spacial score (nSPS) is 9.71. The van der Waals surface area contributed by atoms with Crippen LogP contribution in [-0.4, -0.2) is 13.1 Å². The van der Waals surface area contributed by atoms with E-state index in [1.54, 1.807) is 7.05 Å². The molecule has 1 N–H and O–H groups in total. The summed E-state index contributed by atoms with van der Waals surface area (Å²) in [5.41, 5.74) is 3.02. The number of aryl methyl sites for hydroxylation is 1. The lowest BCUT2D eigenvalue weighted by Gasteiger charge is -2.18. The summed E-state index contributed by atoms with van der Waals surface area (Å²) in [7, 11) is 1.58. The number of urea groups is 1. The Bertz CT molecular complexity index is 352. The largest absolute Gasteiger partial charge is 0.340 e. The number of carbonyl (C=O) groups is 1. The third-order valence-corrected chi connectivity index (χ3v) is 2.61. The van der Waals surface area contributed by atoms with Crippen molar-refractivity contribution >= 4 is 24.5 Å². The van der Waals surface area contributed by atoms with Crippen molar-refractivity contribution in [3.8, 4) is 0 Å². The molecule has 0 aliphatic rings. The number of amides is 2. The number of rotatable bonds is 1. The molecule has 0 spiro atoms. The van der Waals surface area contributed by atoms with Crippen LogP contribution < -0.4 is 9.62 Å². The fraction of sp³-hybridized carbons (Fsp3) is 0.300. The van der Waals surface area contributed by atoms with Gasteiger partial charge in [0.2, 0.25) is 0 Å². The van der Waals surface area contributed by atoms with Crippen LogP contribution in [0, 0.1) is 13.8 Å². The van der Waals surface area contributed by atoms with Crippen molar-refractivity contribution in [3.05, 3.63) is 29.3 Å². The smallest absolute Gasteiger partial charge is 0.331 e. The number of anilines is 1. The minimum atomic E-state index is -0.234. The number of benzene rings is 1. The Morgan fingerprint density at radius 2 is 2.07 bits per heavy atom. The van der Waals surface area contributed by atoms with E-state index in [1.807, 2.05) is 32.0 Å². The van der Waals surface area contributed by atoms with E-state index in [4.69, 9.17) is 0 Å². The van der Waals surface area contributed by atoms with Gasteiger partial charge in [0, 0.05) is 7.05 Å². The minimum Gasteiger partial charge on any atom is -0.340 e. The van der Waals surface area contributed by atoms with E-state index < -0.39 is 0 Å². The van der Waals surface area contributed by atoms with Gasteiger partial charge in [-0.15, -0.1) is 0 Å². The van der Waals surface area contributed by atoms with Crippen LogP contribution >= 0.6 is 12.8 Å². The average Bonchev–Trinajstić information content (AvgIpc) is 2.20. The topological polar surface area (TPSA) is 32.3 Å². The van der Waals surface area contributed by atoms with Crippen molar-refractivity contribution in [2.45, 2.75) is 13.8 Å². The Labute approximate surface area is 89.7 Å². The fourth-order valence-electron chi connectivity index (χ4n) is 1.18. The number of carbonyl (C=O) groups excluding carboxylic acids is 1. The van der Waals surface area contributed by atoms with Crippen LogP contribution in [0.25, 0.3) is 0 Å². The Hall–Kier alpha value is -1.16. The summed E-state index contributed by atoms with van der Waals surface area (Å²) in [5.74, 6) is 0. The van der Waals surface area contributed by atoms with Gasteiger partial charge in [-0.3, -0.25) is 0 Å². The van der Waals surface area contributed by atoms with Gasteiger partial charge in [-0.05, 0) is 31.0 Å². The lowest BCUT2D eigenvalue weighted by molar-refractivity contribution is 0.252. The Morgan fingerprint density at radius 3 is 2.64 bits per heavy atom. The summed E-state index contributed by atoms with van der Waals surface area (Å²) in [6, 6.07) is 5.54. The second-order valence-electron chi connectivity index (χ2n) is 3.09. The highest BCUT2D eigenvalue weighted by molar-refractivity contribution is 7.82. The van der Waals surface area contributed by atoms with Crippen LogP contribution in [0.1, 0.15) is 11.1 Å². The number of hydrogen-bond donors (Lipinski definition) is 2. The van der Waals surface area contributed by atoms with Crippen LogP contribution in [0.3, 0.4) is 0 Å². The molecule has 1 aromatic carbocycles. The molecule has 0 bridgehead atoms. The molecule has 0 aliphatic heterocycles. The minimum absolute atomic E-state index is 0.234. The fourth-order valence-corrected chi connectivity index (χ4v) is 1.50. The molecular formula is C10H14N2OS. The van der Waals surface area contributed by atoms with E-state index >= 15 is 0 Å². The van der Waals surface area contributed by atoms with Crippen molar-refractivity contribution in [2.75, 3.05) is 11.4 Å². The third-order valence-electron chi connectivity index (χ3n) is 2.21. The zero-order valence-electron chi connectivity index (χ0n) is 8.53. The molecule has 76 valence electrons. The van der Waals surface area contributed by atoms with Gasteiger partial charge in [-0.2, -0.15) is 0 Å². The molecule has 0 unspecified atom stereocenters. The van der Waals surface area contributed by atoms with Crippen LogP contribution in [0.2, 0.25) is 0 Å². The van der Waals surface area contributed by atoms with E-state index in [-0.39, 0.29) is 6.03 Å².